The molecule has 2 heterocycles. The highest BCUT2D eigenvalue weighted by Gasteiger charge is 2.35. The lowest BCUT2D eigenvalue weighted by Crippen LogP contribution is -2.35. The molecule has 1 saturated heterocycles. The number of esters is 1. The van der Waals surface area contributed by atoms with Crippen molar-refractivity contribution in [2.75, 3.05) is 31.0 Å². The van der Waals surface area contributed by atoms with E-state index in [1.807, 2.05) is 0 Å². The third kappa shape index (κ3) is 3.89. The number of benzene rings is 2. The van der Waals surface area contributed by atoms with Gasteiger partial charge in [0.15, 0.2) is 0 Å². The molecule has 2 aromatic carbocycles. The molecular formula is C21H23FN2O6S2. The number of carbonyl (C=O) groups excluding carboxylic acids is 1. The number of sulfonamides is 2. The summed E-state index contributed by atoms with van der Waals surface area (Å²) in [5.41, 5.74) is 0.761. The van der Waals surface area contributed by atoms with Gasteiger partial charge in [-0.15, -0.1) is 0 Å². The van der Waals surface area contributed by atoms with E-state index in [-0.39, 0.29) is 23.4 Å². The Kier molecular flexibility index (Phi) is 5.99. The van der Waals surface area contributed by atoms with Crippen LogP contribution in [-0.4, -0.2) is 53.9 Å². The lowest BCUT2D eigenvalue weighted by Gasteiger charge is -2.26. The molecule has 0 N–H and O–H groups in total. The number of ether oxygens (including phenoxy) is 1. The van der Waals surface area contributed by atoms with Gasteiger partial charge >= 0.3 is 5.97 Å². The van der Waals surface area contributed by atoms with Gasteiger partial charge in [0.2, 0.25) is 10.0 Å². The highest BCUT2D eigenvalue weighted by Crippen LogP contribution is 2.36. The van der Waals surface area contributed by atoms with Crippen LogP contribution in [-0.2, 0) is 31.2 Å². The normalized spacial score (nSPS) is 17.2. The molecule has 0 spiro atoms. The van der Waals surface area contributed by atoms with E-state index in [2.05, 4.69) is 4.74 Å². The molecule has 4 rings (SSSR count). The summed E-state index contributed by atoms with van der Waals surface area (Å²) >= 11 is 0. The first kappa shape index (κ1) is 22.7. The first-order valence-corrected chi connectivity index (χ1v) is 13.1. The van der Waals surface area contributed by atoms with Crippen molar-refractivity contribution < 1.29 is 30.8 Å². The number of fused-ring (bicyclic) bond motifs is 1. The van der Waals surface area contributed by atoms with Gasteiger partial charge in [-0.25, -0.2) is 26.0 Å². The Bertz CT molecular complexity index is 1270. The molecule has 0 amide bonds. The summed E-state index contributed by atoms with van der Waals surface area (Å²) in [7, 11) is -6.84. The molecule has 2 aromatic rings. The van der Waals surface area contributed by atoms with Crippen LogP contribution in [0, 0.1) is 5.82 Å². The van der Waals surface area contributed by atoms with E-state index in [1.54, 1.807) is 0 Å². The maximum Gasteiger partial charge on any atom is 0.337 e. The van der Waals surface area contributed by atoms with E-state index >= 15 is 0 Å². The van der Waals surface area contributed by atoms with Crippen molar-refractivity contribution in [2.45, 2.75) is 35.5 Å². The summed E-state index contributed by atoms with van der Waals surface area (Å²) in [6.45, 7) is 0.970. The second kappa shape index (κ2) is 8.45. The highest BCUT2D eigenvalue weighted by atomic mass is 32.2. The van der Waals surface area contributed by atoms with Gasteiger partial charge in [-0.3, -0.25) is 4.31 Å². The number of hydrogen-bond donors (Lipinski definition) is 0. The summed E-state index contributed by atoms with van der Waals surface area (Å²) in [5, 5.41) is 0. The van der Waals surface area contributed by atoms with Crippen LogP contribution in [0.1, 0.15) is 35.2 Å². The minimum Gasteiger partial charge on any atom is -0.465 e. The van der Waals surface area contributed by atoms with Crippen molar-refractivity contribution in [3.63, 3.8) is 0 Å². The minimum atomic E-state index is -4.33. The molecule has 8 nitrogen and oxygen atoms in total. The maximum absolute atomic E-state index is 14.4. The molecule has 0 unspecified atom stereocenters. The van der Waals surface area contributed by atoms with E-state index in [0.29, 0.717) is 24.3 Å². The molecule has 0 aromatic heterocycles. The number of carbonyl (C=O) groups is 1. The molecule has 1 fully saturated rings. The van der Waals surface area contributed by atoms with Gasteiger partial charge in [-0.2, -0.15) is 4.31 Å². The molecule has 0 aliphatic carbocycles. The molecule has 11 heteroatoms. The standard InChI is InChI=1S/C21H23FN2O6S2/c1-30-21(25)16-5-7-18(22)20(14-16)32(28,29)24-12-9-15-13-17(6-8-19(15)24)31(26,27)23-10-3-2-4-11-23/h5-8,13-14H,2-4,9-12H2,1H3. The first-order valence-electron chi connectivity index (χ1n) is 10.2. The van der Waals surface area contributed by atoms with E-state index in [4.69, 9.17) is 0 Å². The summed E-state index contributed by atoms with van der Waals surface area (Å²) in [6, 6.07) is 7.33. The molecule has 0 saturated carbocycles. The average molecular weight is 483 g/mol. The number of piperidine rings is 1. The third-order valence-electron chi connectivity index (χ3n) is 5.78. The van der Waals surface area contributed by atoms with Crippen molar-refractivity contribution in [1.82, 2.24) is 4.31 Å². The molecule has 0 radical (unpaired) electrons. The second-order valence-corrected chi connectivity index (χ2v) is 11.5. The fourth-order valence-corrected chi connectivity index (χ4v) is 7.24. The predicted molar refractivity (Wildman–Crippen MR) is 115 cm³/mol. The third-order valence-corrected chi connectivity index (χ3v) is 9.50. The summed E-state index contributed by atoms with van der Waals surface area (Å²) in [6.07, 6.45) is 2.91. The fraction of sp³-hybridized carbons (Fsp3) is 0.381. The number of hydrogen-bond acceptors (Lipinski definition) is 6. The fourth-order valence-electron chi connectivity index (χ4n) is 4.08. The van der Waals surface area contributed by atoms with Gasteiger partial charge in [0.1, 0.15) is 10.7 Å². The van der Waals surface area contributed by atoms with Gasteiger partial charge in [-0.1, -0.05) is 6.42 Å². The molecule has 0 atom stereocenters. The zero-order valence-electron chi connectivity index (χ0n) is 17.5. The quantitative estimate of drug-likeness (QED) is 0.607. The van der Waals surface area contributed by atoms with Crippen LogP contribution < -0.4 is 4.31 Å². The van der Waals surface area contributed by atoms with Gasteiger partial charge in [0.05, 0.1) is 23.3 Å². The van der Waals surface area contributed by atoms with Gasteiger partial charge in [-0.05, 0) is 61.2 Å². The van der Waals surface area contributed by atoms with Gasteiger partial charge < -0.3 is 4.74 Å². The van der Waals surface area contributed by atoms with Crippen molar-refractivity contribution in [3.05, 3.63) is 53.3 Å². The zero-order chi connectivity index (χ0) is 23.1. The van der Waals surface area contributed by atoms with Crippen LogP contribution in [0.4, 0.5) is 10.1 Å². The lowest BCUT2D eigenvalue weighted by atomic mass is 10.2. The Morgan fingerprint density at radius 1 is 0.938 bits per heavy atom. The average Bonchev–Trinajstić information content (AvgIpc) is 3.23. The summed E-state index contributed by atoms with van der Waals surface area (Å²) < 4.78 is 73.9. The number of rotatable bonds is 5. The van der Waals surface area contributed by atoms with Crippen LogP contribution in [0.15, 0.2) is 46.2 Å². The van der Waals surface area contributed by atoms with E-state index < -0.39 is 36.7 Å². The highest BCUT2D eigenvalue weighted by molar-refractivity contribution is 7.93. The SMILES string of the molecule is COC(=O)c1ccc(F)c(S(=O)(=O)N2CCc3cc(S(=O)(=O)N4CCCCC4)ccc32)c1. The largest absolute Gasteiger partial charge is 0.465 e. The van der Waals surface area contributed by atoms with Gasteiger partial charge in [0, 0.05) is 19.6 Å². The second-order valence-electron chi connectivity index (χ2n) is 7.72. The van der Waals surface area contributed by atoms with Gasteiger partial charge in [0.25, 0.3) is 10.0 Å². The molecule has 2 aliphatic rings. The topological polar surface area (TPSA) is 101 Å². The maximum atomic E-state index is 14.4. The van der Waals surface area contributed by atoms with Crippen LogP contribution in [0.25, 0.3) is 0 Å². The minimum absolute atomic E-state index is 0.0345. The zero-order valence-corrected chi connectivity index (χ0v) is 19.1. The van der Waals surface area contributed by atoms with E-state index in [9.17, 15) is 26.0 Å². The Morgan fingerprint density at radius 3 is 2.34 bits per heavy atom. The number of methoxy groups -OCH3 is 1. The molecule has 32 heavy (non-hydrogen) atoms. The molecule has 0 bridgehead atoms. The van der Waals surface area contributed by atoms with Crippen LogP contribution >= 0.6 is 0 Å². The summed E-state index contributed by atoms with van der Waals surface area (Å²) in [4.78, 5) is 11.3. The Labute approximate surface area is 186 Å². The molecular weight excluding hydrogens is 459 g/mol. The Hall–Kier alpha value is -2.50. The number of anilines is 1. The smallest absolute Gasteiger partial charge is 0.337 e. The number of halogens is 1. The van der Waals surface area contributed by atoms with Crippen molar-refractivity contribution >= 4 is 31.7 Å². The van der Waals surface area contributed by atoms with Crippen molar-refractivity contribution in [1.29, 1.82) is 0 Å². The van der Waals surface area contributed by atoms with E-state index in [0.717, 1.165) is 48.9 Å². The molecule has 172 valence electrons. The lowest BCUT2D eigenvalue weighted by molar-refractivity contribution is 0.0600. The van der Waals surface area contributed by atoms with E-state index in [1.165, 1.54) is 22.5 Å². The van der Waals surface area contributed by atoms with Crippen molar-refractivity contribution in [3.8, 4) is 0 Å². The predicted octanol–water partition coefficient (Wildman–Crippen LogP) is 2.54. The Balaban J connectivity index is 1.69. The Morgan fingerprint density at radius 2 is 1.66 bits per heavy atom. The monoisotopic (exact) mass is 482 g/mol. The molecule has 2 aliphatic heterocycles. The van der Waals surface area contributed by atoms with Crippen LogP contribution in [0.3, 0.4) is 0 Å². The first-order chi connectivity index (χ1) is 15.2. The number of nitrogens with zero attached hydrogens (tertiary/aromatic N) is 2. The summed E-state index contributed by atoms with van der Waals surface area (Å²) in [5.74, 6) is -1.77. The van der Waals surface area contributed by atoms with Crippen molar-refractivity contribution in [2.24, 2.45) is 0 Å². The van der Waals surface area contributed by atoms with Crippen LogP contribution in [0.2, 0.25) is 0 Å². The van der Waals surface area contributed by atoms with Crippen LogP contribution in [0.5, 0.6) is 0 Å².